The fraction of sp³-hybridized carbons (Fsp3) is 0.364. The standard InChI is InChI=1S/C22H27NO4.ClH/c1-2-11-26-21-5-3-4-6-22(21)27-15-20(25)14-23-18-9-7-16-8-10-19(24)13-17(16)12-18;/h2-6,8,10,13,18,20,23-25H,1,7,9,11-12,14-15H2;1H. The molecule has 0 bridgehead atoms. The highest BCUT2D eigenvalue weighted by atomic mass is 35.5. The van der Waals surface area contributed by atoms with E-state index in [4.69, 9.17) is 9.47 Å². The Morgan fingerprint density at radius 2 is 1.89 bits per heavy atom. The van der Waals surface area contributed by atoms with E-state index in [1.54, 1.807) is 12.1 Å². The largest absolute Gasteiger partial charge is 0.508 e. The monoisotopic (exact) mass is 405 g/mol. The second-order valence-electron chi connectivity index (χ2n) is 6.81. The van der Waals surface area contributed by atoms with Crippen LogP contribution in [0.2, 0.25) is 0 Å². The molecule has 1 aliphatic carbocycles. The maximum absolute atomic E-state index is 10.3. The molecule has 0 aromatic heterocycles. The lowest BCUT2D eigenvalue weighted by Gasteiger charge is -2.26. The van der Waals surface area contributed by atoms with Gasteiger partial charge in [-0.3, -0.25) is 0 Å². The summed E-state index contributed by atoms with van der Waals surface area (Å²) < 4.78 is 11.3. The molecule has 0 radical (unpaired) electrons. The van der Waals surface area contributed by atoms with E-state index in [0.29, 0.717) is 30.4 Å². The van der Waals surface area contributed by atoms with E-state index in [0.717, 1.165) is 19.3 Å². The molecule has 0 saturated heterocycles. The summed E-state index contributed by atoms with van der Waals surface area (Å²) in [6, 6.07) is 13.3. The van der Waals surface area contributed by atoms with Gasteiger partial charge in [0.25, 0.3) is 0 Å². The first-order chi connectivity index (χ1) is 13.2. The zero-order valence-corrected chi connectivity index (χ0v) is 16.7. The number of hydrogen-bond donors (Lipinski definition) is 3. The van der Waals surface area contributed by atoms with Crippen molar-refractivity contribution in [2.45, 2.75) is 31.4 Å². The quantitative estimate of drug-likeness (QED) is 0.558. The maximum Gasteiger partial charge on any atom is 0.161 e. The molecule has 0 amide bonds. The number of aliphatic hydroxyl groups excluding tert-OH is 1. The van der Waals surface area contributed by atoms with Crippen molar-refractivity contribution in [1.82, 2.24) is 5.32 Å². The van der Waals surface area contributed by atoms with Crippen molar-refractivity contribution in [2.75, 3.05) is 19.8 Å². The molecule has 3 N–H and O–H groups in total. The van der Waals surface area contributed by atoms with Crippen molar-refractivity contribution in [3.05, 3.63) is 66.2 Å². The van der Waals surface area contributed by atoms with Crippen LogP contribution in [0.5, 0.6) is 17.2 Å². The average Bonchev–Trinajstić information content (AvgIpc) is 2.69. The molecule has 0 saturated carbocycles. The Bertz CT molecular complexity index is 768. The highest BCUT2D eigenvalue weighted by Crippen LogP contribution is 2.27. The van der Waals surface area contributed by atoms with Gasteiger partial charge in [-0.15, -0.1) is 12.4 Å². The number of aryl methyl sites for hydroxylation is 1. The number of rotatable bonds is 9. The van der Waals surface area contributed by atoms with E-state index in [9.17, 15) is 10.2 Å². The van der Waals surface area contributed by atoms with Crippen molar-refractivity contribution in [2.24, 2.45) is 0 Å². The molecule has 152 valence electrons. The number of halogens is 1. The molecular formula is C22H28ClNO4. The lowest BCUT2D eigenvalue weighted by atomic mass is 9.88. The Balaban J connectivity index is 0.00000280. The molecule has 0 spiro atoms. The molecule has 28 heavy (non-hydrogen) atoms. The fourth-order valence-electron chi connectivity index (χ4n) is 3.30. The topological polar surface area (TPSA) is 71.0 Å². The summed E-state index contributed by atoms with van der Waals surface area (Å²) in [6.45, 7) is 4.68. The van der Waals surface area contributed by atoms with E-state index in [1.807, 2.05) is 36.4 Å². The molecule has 2 aromatic rings. The van der Waals surface area contributed by atoms with Crippen LogP contribution in [0.1, 0.15) is 17.5 Å². The van der Waals surface area contributed by atoms with Gasteiger partial charge in [0.1, 0.15) is 25.1 Å². The Kier molecular flexibility index (Phi) is 8.64. The van der Waals surface area contributed by atoms with Gasteiger partial charge in [0, 0.05) is 12.6 Å². The average molecular weight is 406 g/mol. The second-order valence-corrected chi connectivity index (χ2v) is 6.81. The molecule has 0 aliphatic heterocycles. The summed E-state index contributed by atoms with van der Waals surface area (Å²) in [5.41, 5.74) is 2.48. The highest BCUT2D eigenvalue weighted by molar-refractivity contribution is 5.85. The summed E-state index contributed by atoms with van der Waals surface area (Å²) in [5, 5.41) is 23.3. The third-order valence-electron chi connectivity index (χ3n) is 4.70. The highest BCUT2D eigenvalue weighted by Gasteiger charge is 2.19. The van der Waals surface area contributed by atoms with E-state index >= 15 is 0 Å². The van der Waals surface area contributed by atoms with Crippen molar-refractivity contribution < 1.29 is 19.7 Å². The van der Waals surface area contributed by atoms with Gasteiger partial charge < -0.3 is 25.0 Å². The zero-order valence-electron chi connectivity index (χ0n) is 15.8. The van der Waals surface area contributed by atoms with Crippen molar-refractivity contribution in [3.63, 3.8) is 0 Å². The van der Waals surface area contributed by atoms with Gasteiger partial charge in [-0.25, -0.2) is 0 Å². The first kappa shape index (κ1) is 22.1. The fourth-order valence-corrected chi connectivity index (χ4v) is 3.30. The van der Waals surface area contributed by atoms with E-state index in [1.165, 1.54) is 11.1 Å². The second kappa shape index (κ2) is 11.0. The summed E-state index contributed by atoms with van der Waals surface area (Å²) in [4.78, 5) is 0. The third-order valence-corrected chi connectivity index (χ3v) is 4.70. The normalized spacial score (nSPS) is 16.4. The Labute approximate surface area is 172 Å². The minimum atomic E-state index is -0.622. The number of phenols is 1. The minimum Gasteiger partial charge on any atom is -0.508 e. The number of nitrogens with one attached hydrogen (secondary N) is 1. The maximum atomic E-state index is 10.3. The number of phenolic OH excluding ortho intramolecular Hbond substituents is 1. The Morgan fingerprint density at radius 1 is 1.14 bits per heavy atom. The van der Waals surface area contributed by atoms with Gasteiger partial charge in [-0.1, -0.05) is 30.9 Å². The number of aromatic hydroxyl groups is 1. The Morgan fingerprint density at radius 3 is 2.64 bits per heavy atom. The molecule has 6 heteroatoms. The van der Waals surface area contributed by atoms with Crippen LogP contribution in [0.3, 0.4) is 0 Å². The molecular weight excluding hydrogens is 378 g/mol. The van der Waals surface area contributed by atoms with Gasteiger partial charge in [0.2, 0.25) is 0 Å². The SMILES string of the molecule is C=CCOc1ccccc1OCC(O)CNC1CCc2ccc(O)cc2C1.Cl. The van der Waals surface area contributed by atoms with E-state index in [2.05, 4.69) is 11.9 Å². The van der Waals surface area contributed by atoms with Gasteiger partial charge in [-0.05, 0) is 54.7 Å². The predicted molar refractivity (Wildman–Crippen MR) is 113 cm³/mol. The predicted octanol–water partition coefficient (Wildman–Crippen LogP) is 3.27. The molecule has 5 nitrogen and oxygen atoms in total. The van der Waals surface area contributed by atoms with Gasteiger partial charge in [0.05, 0.1) is 0 Å². The summed E-state index contributed by atoms with van der Waals surface area (Å²) in [7, 11) is 0. The van der Waals surface area contributed by atoms with Crippen molar-refractivity contribution in [1.29, 1.82) is 0 Å². The lowest BCUT2D eigenvalue weighted by Crippen LogP contribution is -2.40. The first-order valence-corrected chi connectivity index (χ1v) is 9.33. The lowest BCUT2D eigenvalue weighted by molar-refractivity contribution is 0.101. The van der Waals surface area contributed by atoms with E-state index < -0.39 is 6.10 Å². The summed E-state index contributed by atoms with van der Waals surface area (Å²) in [5.74, 6) is 1.56. The molecule has 0 fully saturated rings. The molecule has 1 aliphatic rings. The molecule has 2 atom stereocenters. The summed E-state index contributed by atoms with van der Waals surface area (Å²) in [6.07, 6.45) is 3.91. The number of aliphatic hydroxyl groups is 1. The number of fused-ring (bicyclic) bond motifs is 1. The smallest absolute Gasteiger partial charge is 0.161 e. The molecule has 2 unspecified atom stereocenters. The van der Waals surface area contributed by atoms with Crippen LogP contribution in [-0.4, -0.2) is 42.1 Å². The van der Waals surface area contributed by atoms with Gasteiger partial charge in [0.15, 0.2) is 11.5 Å². The van der Waals surface area contributed by atoms with Gasteiger partial charge in [-0.2, -0.15) is 0 Å². The zero-order chi connectivity index (χ0) is 19.1. The molecule has 0 heterocycles. The van der Waals surface area contributed by atoms with Crippen molar-refractivity contribution >= 4 is 12.4 Å². The van der Waals surface area contributed by atoms with Crippen LogP contribution in [0.25, 0.3) is 0 Å². The number of benzene rings is 2. The first-order valence-electron chi connectivity index (χ1n) is 9.33. The van der Waals surface area contributed by atoms with Crippen LogP contribution in [0.4, 0.5) is 0 Å². The molecule has 3 rings (SSSR count). The summed E-state index contributed by atoms with van der Waals surface area (Å²) >= 11 is 0. The van der Waals surface area contributed by atoms with Crippen LogP contribution in [0, 0.1) is 0 Å². The van der Waals surface area contributed by atoms with E-state index in [-0.39, 0.29) is 25.1 Å². The third kappa shape index (κ3) is 6.16. The van der Waals surface area contributed by atoms with Crippen molar-refractivity contribution in [3.8, 4) is 17.2 Å². The molecule has 2 aromatic carbocycles. The van der Waals surface area contributed by atoms with Crippen LogP contribution in [-0.2, 0) is 12.8 Å². The Hall–Kier alpha value is -2.21. The number of hydrogen-bond acceptors (Lipinski definition) is 5. The van der Waals surface area contributed by atoms with Crippen LogP contribution < -0.4 is 14.8 Å². The number of ether oxygens (including phenoxy) is 2. The van der Waals surface area contributed by atoms with Crippen LogP contribution >= 0.6 is 12.4 Å². The van der Waals surface area contributed by atoms with Crippen LogP contribution in [0.15, 0.2) is 55.1 Å². The van der Waals surface area contributed by atoms with Gasteiger partial charge >= 0.3 is 0 Å². The number of para-hydroxylation sites is 2. The minimum absolute atomic E-state index is 0.